The van der Waals surface area contributed by atoms with Gasteiger partial charge in [0.2, 0.25) is 0 Å². The lowest BCUT2D eigenvalue weighted by Gasteiger charge is -2.02. The standard InChI is InChI=1S/C6H13NO2.C5H12N2O2/c1-2-3-4-5(7)6(8)9;6-3-1-2-4(7)5(8)9/h5H,2-4,7H2,1H3,(H,8,9);4H,1-3,6-7H2,(H,8,9)/t5-;4-/m00/s1. The largest absolute Gasteiger partial charge is 0.480 e. The van der Waals surface area contributed by atoms with Gasteiger partial charge in [-0.1, -0.05) is 19.8 Å². The number of hydrogen-bond donors (Lipinski definition) is 5. The van der Waals surface area contributed by atoms with Gasteiger partial charge >= 0.3 is 11.9 Å². The molecular weight excluding hydrogens is 238 g/mol. The lowest BCUT2D eigenvalue weighted by atomic mass is 10.1. The highest BCUT2D eigenvalue weighted by atomic mass is 16.4. The number of carboxylic acid groups (broad SMARTS) is 2. The van der Waals surface area contributed by atoms with Crippen LogP contribution in [0.4, 0.5) is 0 Å². The van der Waals surface area contributed by atoms with E-state index >= 15 is 0 Å². The summed E-state index contributed by atoms with van der Waals surface area (Å²) in [5.41, 5.74) is 15.5. The summed E-state index contributed by atoms with van der Waals surface area (Å²) >= 11 is 0. The highest BCUT2D eigenvalue weighted by Gasteiger charge is 2.09. The summed E-state index contributed by atoms with van der Waals surface area (Å²) in [6.07, 6.45) is 3.62. The van der Waals surface area contributed by atoms with Crippen molar-refractivity contribution in [3.8, 4) is 0 Å². The van der Waals surface area contributed by atoms with E-state index in [0.717, 1.165) is 12.8 Å². The Morgan fingerprint density at radius 3 is 1.67 bits per heavy atom. The van der Waals surface area contributed by atoms with Gasteiger partial charge in [-0.15, -0.1) is 0 Å². The zero-order valence-corrected chi connectivity index (χ0v) is 10.8. The molecule has 0 rings (SSSR count). The van der Waals surface area contributed by atoms with Gasteiger partial charge in [-0.3, -0.25) is 9.59 Å². The first-order valence-electron chi connectivity index (χ1n) is 6.03. The molecule has 0 unspecified atom stereocenters. The van der Waals surface area contributed by atoms with Crippen LogP contribution in [0.2, 0.25) is 0 Å². The Kier molecular flexibility index (Phi) is 13.1. The highest BCUT2D eigenvalue weighted by molar-refractivity contribution is 5.73. The fraction of sp³-hybridized carbons (Fsp3) is 0.818. The second-order valence-electron chi connectivity index (χ2n) is 3.96. The fourth-order valence-electron chi connectivity index (χ4n) is 1.01. The molecule has 0 aliphatic rings. The maximum Gasteiger partial charge on any atom is 0.320 e. The zero-order chi connectivity index (χ0) is 14.6. The molecule has 0 spiro atoms. The smallest absolute Gasteiger partial charge is 0.320 e. The maximum absolute atomic E-state index is 10.1. The summed E-state index contributed by atoms with van der Waals surface area (Å²) < 4.78 is 0. The lowest BCUT2D eigenvalue weighted by Crippen LogP contribution is -2.30. The van der Waals surface area contributed by atoms with Crippen molar-refractivity contribution in [3.05, 3.63) is 0 Å². The molecule has 0 fully saturated rings. The second-order valence-corrected chi connectivity index (χ2v) is 3.96. The molecule has 108 valence electrons. The van der Waals surface area contributed by atoms with Crippen molar-refractivity contribution in [1.29, 1.82) is 0 Å². The van der Waals surface area contributed by atoms with Gasteiger partial charge in [0.05, 0.1) is 0 Å². The Bertz CT molecular complexity index is 212. The third kappa shape index (κ3) is 12.9. The van der Waals surface area contributed by atoms with Crippen molar-refractivity contribution >= 4 is 11.9 Å². The van der Waals surface area contributed by atoms with Crippen LogP contribution in [-0.2, 0) is 9.59 Å². The molecule has 0 bridgehead atoms. The van der Waals surface area contributed by atoms with Gasteiger partial charge in [0.25, 0.3) is 0 Å². The molecule has 0 aliphatic heterocycles. The quantitative estimate of drug-likeness (QED) is 0.404. The summed E-state index contributed by atoms with van der Waals surface area (Å²) in [4.78, 5) is 20.1. The zero-order valence-electron chi connectivity index (χ0n) is 10.8. The number of unbranched alkanes of at least 4 members (excludes halogenated alkanes) is 1. The lowest BCUT2D eigenvalue weighted by molar-refractivity contribution is -0.139. The van der Waals surface area contributed by atoms with Crippen LogP contribution < -0.4 is 17.2 Å². The minimum Gasteiger partial charge on any atom is -0.480 e. The van der Waals surface area contributed by atoms with Crippen LogP contribution in [0.15, 0.2) is 0 Å². The third-order valence-corrected chi connectivity index (χ3v) is 2.22. The number of hydrogen-bond acceptors (Lipinski definition) is 5. The van der Waals surface area contributed by atoms with E-state index in [9.17, 15) is 9.59 Å². The number of aliphatic carboxylic acids is 2. The molecule has 0 aromatic carbocycles. The molecule has 0 saturated carbocycles. The summed E-state index contributed by atoms with van der Waals surface area (Å²) in [5.74, 6) is -1.85. The highest BCUT2D eigenvalue weighted by Crippen LogP contribution is 1.97. The van der Waals surface area contributed by atoms with E-state index in [4.69, 9.17) is 27.4 Å². The third-order valence-electron chi connectivity index (χ3n) is 2.22. The normalized spacial score (nSPS) is 13.1. The van der Waals surface area contributed by atoms with Gasteiger partial charge in [-0.2, -0.15) is 0 Å². The number of nitrogens with two attached hydrogens (primary N) is 3. The minimum atomic E-state index is -0.955. The number of rotatable bonds is 8. The Balaban J connectivity index is 0. The predicted molar refractivity (Wildman–Crippen MR) is 69.0 cm³/mol. The molecule has 0 heterocycles. The van der Waals surface area contributed by atoms with Crippen molar-refractivity contribution in [2.75, 3.05) is 6.54 Å². The van der Waals surface area contributed by atoms with E-state index in [1.54, 1.807) is 0 Å². The van der Waals surface area contributed by atoms with E-state index in [1.807, 2.05) is 6.92 Å². The monoisotopic (exact) mass is 263 g/mol. The Labute approximate surface area is 107 Å². The first-order chi connectivity index (χ1) is 8.36. The molecule has 7 heteroatoms. The number of carbonyl (C=O) groups is 2. The van der Waals surface area contributed by atoms with Crippen LogP contribution in [0.25, 0.3) is 0 Å². The van der Waals surface area contributed by atoms with Gasteiger partial charge in [-0.25, -0.2) is 0 Å². The summed E-state index contributed by atoms with van der Waals surface area (Å²) in [6, 6.07) is -1.40. The van der Waals surface area contributed by atoms with Crippen LogP contribution in [0.1, 0.15) is 39.0 Å². The van der Waals surface area contributed by atoms with Crippen LogP contribution in [0.5, 0.6) is 0 Å². The molecule has 0 amide bonds. The Morgan fingerprint density at radius 1 is 1.00 bits per heavy atom. The topological polar surface area (TPSA) is 153 Å². The molecular formula is C11H25N3O4. The molecule has 8 N–H and O–H groups in total. The predicted octanol–water partition coefficient (Wildman–Crippen LogP) is -0.274. The van der Waals surface area contributed by atoms with Crippen LogP contribution >= 0.6 is 0 Å². The second kappa shape index (κ2) is 12.3. The number of carboxylic acids is 2. The van der Waals surface area contributed by atoms with Crippen LogP contribution in [0.3, 0.4) is 0 Å². The van der Waals surface area contributed by atoms with Gasteiger partial charge < -0.3 is 27.4 Å². The minimum absolute atomic E-state index is 0.464. The molecule has 0 radical (unpaired) electrons. The Hall–Kier alpha value is -1.18. The van der Waals surface area contributed by atoms with Gasteiger partial charge in [-0.05, 0) is 25.8 Å². The van der Waals surface area contributed by atoms with Crippen molar-refractivity contribution < 1.29 is 19.8 Å². The average molecular weight is 263 g/mol. The summed E-state index contributed by atoms with van der Waals surface area (Å²) in [7, 11) is 0. The Morgan fingerprint density at radius 2 is 1.39 bits per heavy atom. The average Bonchev–Trinajstić information content (AvgIpc) is 2.33. The van der Waals surface area contributed by atoms with E-state index in [2.05, 4.69) is 0 Å². The molecule has 0 aromatic rings. The van der Waals surface area contributed by atoms with E-state index in [1.165, 1.54) is 0 Å². The molecule has 0 saturated heterocycles. The first kappa shape index (κ1) is 19.2. The van der Waals surface area contributed by atoms with Gasteiger partial charge in [0.1, 0.15) is 12.1 Å². The first-order valence-corrected chi connectivity index (χ1v) is 6.03. The molecule has 2 atom stereocenters. The van der Waals surface area contributed by atoms with E-state index in [0.29, 0.717) is 25.8 Å². The summed E-state index contributed by atoms with van der Waals surface area (Å²) in [6.45, 7) is 2.51. The van der Waals surface area contributed by atoms with E-state index < -0.39 is 24.0 Å². The van der Waals surface area contributed by atoms with Gasteiger partial charge in [0.15, 0.2) is 0 Å². The van der Waals surface area contributed by atoms with Gasteiger partial charge in [0, 0.05) is 0 Å². The van der Waals surface area contributed by atoms with Crippen LogP contribution in [-0.4, -0.2) is 40.8 Å². The summed E-state index contributed by atoms with van der Waals surface area (Å²) in [5, 5.41) is 16.5. The molecule has 0 aliphatic carbocycles. The van der Waals surface area contributed by atoms with E-state index in [-0.39, 0.29) is 0 Å². The molecule has 7 nitrogen and oxygen atoms in total. The SMILES string of the molecule is CCCC[C@H](N)C(=O)O.NCCC[C@H](N)C(=O)O. The maximum atomic E-state index is 10.1. The van der Waals surface area contributed by atoms with Crippen molar-refractivity contribution in [3.63, 3.8) is 0 Å². The van der Waals surface area contributed by atoms with Crippen molar-refractivity contribution in [2.24, 2.45) is 17.2 Å². The van der Waals surface area contributed by atoms with Crippen molar-refractivity contribution in [2.45, 2.75) is 51.1 Å². The van der Waals surface area contributed by atoms with Crippen LogP contribution in [0, 0.1) is 0 Å². The molecule has 0 aromatic heterocycles. The van der Waals surface area contributed by atoms with Crippen molar-refractivity contribution in [1.82, 2.24) is 0 Å². The molecule has 18 heavy (non-hydrogen) atoms. The fourth-order valence-corrected chi connectivity index (χ4v) is 1.01.